The van der Waals surface area contributed by atoms with Gasteiger partial charge in [-0.1, -0.05) is 13.8 Å². The molecule has 0 aliphatic heterocycles. The minimum Gasteiger partial charge on any atom is -0.353 e. The highest BCUT2D eigenvalue weighted by Crippen LogP contribution is 2.26. The van der Waals surface area contributed by atoms with Gasteiger partial charge in [0.25, 0.3) is 5.56 Å². The number of fused-ring (bicyclic) bond motifs is 1. The van der Waals surface area contributed by atoms with Gasteiger partial charge in [0, 0.05) is 10.9 Å². The summed E-state index contributed by atoms with van der Waals surface area (Å²) in [6.45, 7) is 10.4. The summed E-state index contributed by atoms with van der Waals surface area (Å²) in [5.41, 5.74) is 0.914. The van der Waals surface area contributed by atoms with Gasteiger partial charge in [-0.2, -0.15) is 0 Å². The minimum absolute atomic E-state index is 0.0347. The van der Waals surface area contributed by atoms with Gasteiger partial charge in [0.1, 0.15) is 10.7 Å². The number of rotatable bonds is 8. The number of thiophene rings is 1. The van der Waals surface area contributed by atoms with Crippen LogP contribution in [0.1, 0.15) is 49.9 Å². The molecule has 2 rings (SSSR count). The molecule has 1 atom stereocenters. The van der Waals surface area contributed by atoms with Crippen molar-refractivity contribution in [1.29, 1.82) is 0 Å². The highest BCUT2D eigenvalue weighted by molar-refractivity contribution is 7.99. The van der Waals surface area contributed by atoms with Crippen LogP contribution < -0.4 is 10.9 Å². The molecule has 2 aromatic rings. The van der Waals surface area contributed by atoms with Gasteiger partial charge < -0.3 is 10.3 Å². The number of nitrogens with one attached hydrogen (secondary N) is 2. The molecule has 0 bridgehead atoms. The summed E-state index contributed by atoms with van der Waals surface area (Å²) in [5, 5.41) is 3.71. The Labute approximate surface area is 157 Å². The van der Waals surface area contributed by atoms with Crippen molar-refractivity contribution in [3.05, 3.63) is 26.6 Å². The molecule has 0 unspecified atom stereocenters. The van der Waals surface area contributed by atoms with Crippen LogP contribution in [0.3, 0.4) is 0 Å². The first-order chi connectivity index (χ1) is 11.8. The van der Waals surface area contributed by atoms with Gasteiger partial charge in [-0.05, 0) is 45.1 Å². The molecule has 5 nitrogen and oxygen atoms in total. The predicted molar refractivity (Wildman–Crippen MR) is 108 cm³/mol. The Morgan fingerprint density at radius 2 is 2.00 bits per heavy atom. The van der Waals surface area contributed by atoms with E-state index >= 15 is 0 Å². The van der Waals surface area contributed by atoms with Crippen molar-refractivity contribution >= 4 is 39.2 Å². The van der Waals surface area contributed by atoms with Gasteiger partial charge in [0.05, 0.1) is 16.9 Å². The molecule has 0 spiro atoms. The molecule has 0 radical (unpaired) electrons. The van der Waals surface area contributed by atoms with Crippen molar-refractivity contribution < 1.29 is 4.79 Å². The van der Waals surface area contributed by atoms with Crippen molar-refractivity contribution in [2.45, 2.75) is 59.3 Å². The number of aryl methyl sites for hydroxylation is 2. The second-order valence-electron chi connectivity index (χ2n) is 6.91. The fourth-order valence-corrected chi connectivity index (χ4v) is 4.33. The quantitative estimate of drug-likeness (QED) is 0.730. The van der Waals surface area contributed by atoms with Gasteiger partial charge >= 0.3 is 0 Å². The number of carbonyl (C=O) groups excluding carboxylic acids is 1. The summed E-state index contributed by atoms with van der Waals surface area (Å²) in [4.78, 5) is 33.5. The Hall–Kier alpha value is -1.34. The Kier molecular flexibility index (Phi) is 7.07. The third-order valence-electron chi connectivity index (χ3n) is 4.14. The molecule has 0 saturated carbocycles. The molecule has 2 heterocycles. The average Bonchev–Trinajstić information content (AvgIpc) is 2.80. The lowest BCUT2D eigenvalue weighted by atomic mass is 10.0. The van der Waals surface area contributed by atoms with E-state index < -0.39 is 0 Å². The summed E-state index contributed by atoms with van der Waals surface area (Å²) in [6.07, 6.45) is 2.11. The van der Waals surface area contributed by atoms with Crippen LogP contribution >= 0.6 is 23.1 Å². The van der Waals surface area contributed by atoms with E-state index in [-0.39, 0.29) is 17.5 Å². The fourth-order valence-electron chi connectivity index (χ4n) is 2.58. The maximum absolute atomic E-state index is 12.2. The van der Waals surface area contributed by atoms with Gasteiger partial charge in [-0.3, -0.25) is 9.59 Å². The maximum atomic E-state index is 12.2. The Morgan fingerprint density at radius 3 is 2.68 bits per heavy atom. The zero-order valence-corrected chi connectivity index (χ0v) is 17.2. The summed E-state index contributed by atoms with van der Waals surface area (Å²) in [6, 6.07) is 0.196. The van der Waals surface area contributed by atoms with Crippen molar-refractivity contribution in [1.82, 2.24) is 15.3 Å². The molecule has 25 heavy (non-hydrogen) atoms. The largest absolute Gasteiger partial charge is 0.353 e. The fraction of sp³-hybridized carbons (Fsp3) is 0.611. The van der Waals surface area contributed by atoms with Crippen LogP contribution in [0.5, 0.6) is 0 Å². The number of aromatic nitrogens is 2. The van der Waals surface area contributed by atoms with Crippen molar-refractivity contribution in [2.75, 3.05) is 5.75 Å². The zero-order valence-electron chi connectivity index (χ0n) is 15.6. The average molecular weight is 382 g/mol. The van der Waals surface area contributed by atoms with Crippen molar-refractivity contribution in [3.8, 4) is 0 Å². The smallest absolute Gasteiger partial charge is 0.259 e. The van der Waals surface area contributed by atoms with Crippen LogP contribution in [-0.4, -0.2) is 27.7 Å². The van der Waals surface area contributed by atoms with Crippen LogP contribution in [0.15, 0.2) is 4.79 Å². The maximum Gasteiger partial charge on any atom is 0.259 e. The minimum atomic E-state index is -0.0887. The number of hydrogen-bond donors (Lipinski definition) is 2. The number of amides is 1. The van der Waals surface area contributed by atoms with E-state index in [1.54, 1.807) is 11.3 Å². The van der Waals surface area contributed by atoms with E-state index in [0.29, 0.717) is 28.6 Å². The van der Waals surface area contributed by atoms with E-state index in [9.17, 15) is 9.59 Å². The van der Waals surface area contributed by atoms with Crippen LogP contribution in [0, 0.1) is 19.8 Å². The molecule has 0 aromatic carbocycles. The number of thioether (sulfide) groups is 1. The topological polar surface area (TPSA) is 74.8 Å². The lowest BCUT2D eigenvalue weighted by Crippen LogP contribution is -2.34. The van der Waals surface area contributed by atoms with Crippen molar-refractivity contribution in [2.24, 2.45) is 5.92 Å². The van der Waals surface area contributed by atoms with E-state index in [1.165, 1.54) is 11.8 Å². The predicted octanol–water partition coefficient (Wildman–Crippen LogP) is 3.78. The molecule has 0 saturated heterocycles. The second-order valence-corrected chi connectivity index (χ2v) is 9.10. The van der Waals surface area contributed by atoms with Crippen LogP contribution in [0.2, 0.25) is 0 Å². The van der Waals surface area contributed by atoms with E-state index in [1.807, 2.05) is 20.8 Å². The summed E-state index contributed by atoms with van der Waals surface area (Å²) < 4.78 is 0. The monoisotopic (exact) mass is 381 g/mol. The van der Waals surface area contributed by atoms with E-state index in [0.717, 1.165) is 28.1 Å². The normalized spacial score (nSPS) is 12.7. The third kappa shape index (κ3) is 5.57. The summed E-state index contributed by atoms with van der Waals surface area (Å²) in [5.74, 6) is 2.21. The zero-order chi connectivity index (χ0) is 18.6. The molecule has 0 aliphatic carbocycles. The number of H-pyrrole nitrogens is 1. The van der Waals surface area contributed by atoms with Gasteiger partial charge in [-0.15, -0.1) is 23.1 Å². The Bertz CT molecular complexity index is 795. The molecular formula is C18H27N3O2S2. The number of carbonyl (C=O) groups is 1. The molecule has 2 aromatic heterocycles. The molecule has 2 N–H and O–H groups in total. The van der Waals surface area contributed by atoms with Crippen LogP contribution in [-0.2, 0) is 10.5 Å². The molecule has 0 fully saturated rings. The molecule has 7 heteroatoms. The van der Waals surface area contributed by atoms with Gasteiger partial charge in [-0.25, -0.2) is 4.98 Å². The van der Waals surface area contributed by atoms with Crippen molar-refractivity contribution in [3.63, 3.8) is 0 Å². The first kappa shape index (κ1) is 20.0. The second kappa shape index (κ2) is 8.85. The lowest BCUT2D eigenvalue weighted by Gasteiger charge is -2.14. The van der Waals surface area contributed by atoms with Crippen LogP contribution in [0.25, 0.3) is 10.2 Å². The SMILES string of the molecule is Cc1sc2nc(CSCC(=O)N[C@H](C)CCC(C)C)[nH]c(=O)c2c1C. The third-order valence-corrected chi connectivity index (χ3v) is 6.19. The number of hydrogen-bond acceptors (Lipinski definition) is 5. The van der Waals surface area contributed by atoms with E-state index in [4.69, 9.17) is 0 Å². The number of aromatic amines is 1. The summed E-state index contributed by atoms with van der Waals surface area (Å²) >= 11 is 3.01. The first-order valence-corrected chi connectivity index (χ1v) is 10.6. The summed E-state index contributed by atoms with van der Waals surface area (Å²) in [7, 11) is 0. The molecule has 1 amide bonds. The Morgan fingerprint density at radius 1 is 1.28 bits per heavy atom. The Balaban J connectivity index is 1.86. The highest BCUT2D eigenvalue weighted by atomic mass is 32.2. The first-order valence-electron chi connectivity index (χ1n) is 8.64. The molecular weight excluding hydrogens is 354 g/mol. The lowest BCUT2D eigenvalue weighted by molar-refractivity contribution is -0.119. The molecule has 0 aliphatic rings. The van der Waals surface area contributed by atoms with Gasteiger partial charge in [0.2, 0.25) is 5.91 Å². The standard InChI is InChI=1S/C18H27N3O2S2/c1-10(2)6-7-11(3)19-15(22)9-24-8-14-20-17(23)16-12(4)13(5)25-18(16)21-14/h10-11H,6-9H2,1-5H3,(H,19,22)(H,20,21,23)/t11-/m1/s1. The highest BCUT2D eigenvalue weighted by Gasteiger charge is 2.13. The van der Waals surface area contributed by atoms with Gasteiger partial charge in [0.15, 0.2) is 0 Å². The molecule has 138 valence electrons. The van der Waals surface area contributed by atoms with Crippen LogP contribution in [0.4, 0.5) is 0 Å². The number of nitrogens with zero attached hydrogens (tertiary/aromatic N) is 1. The van der Waals surface area contributed by atoms with E-state index in [2.05, 4.69) is 29.1 Å².